The highest BCUT2D eigenvalue weighted by atomic mass is 35.5. The van der Waals surface area contributed by atoms with E-state index in [2.05, 4.69) is 0 Å². The van der Waals surface area contributed by atoms with Gasteiger partial charge in [0.25, 0.3) is 0 Å². The second kappa shape index (κ2) is 6.27. The third kappa shape index (κ3) is 4.57. The molecule has 17 heavy (non-hydrogen) atoms. The molecule has 94 valence electrons. The van der Waals surface area contributed by atoms with Crippen LogP contribution < -0.4 is 0 Å². The number of aliphatic carboxylic acids is 1. The van der Waals surface area contributed by atoms with E-state index in [-0.39, 0.29) is 5.92 Å². The lowest BCUT2D eigenvalue weighted by molar-refractivity contribution is -0.142. The van der Waals surface area contributed by atoms with Crippen LogP contribution in [0.3, 0.4) is 0 Å². The topological polar surface area (TPSA) is 37.3 Å². The maximum Gasteiger partial charge on any atom is 0.306 e. The first-order valence-electron chi connectivity index (χ1n) is 5.57. The van der Waals surface area contributed by atoms with Gasteiger partial charge in [0, 0.05) is 0 Å². The van der Waals surface area contributed by atoms with Crippen LogP contribution in [0.15, 0.2) is 18.2 Å². The van der Waals surface area contributed by atoms with Gasteiger partial charge in [0.05, 0.1) is 16.0 Å². The van der Waals surface area contributed by atoms with Crippen molar-refractivity contribution in [1.29, 1.82) is 0 Å². The lowest BCUT2D eigenvalue weighted by Crippen LogP contribution is -2.18. The number of benzene rings is 1. The van der Waals surface area contributed by atoms with Crippen LogP contribution in [0.4, 0.5) is 0 Å². The first kappa shape index (κ1) is 14.3. The van der Waals surface area contributed by atoms with Gasteiger partial charge in [-0.2, -0.15) is 0 Å². The van der Waals surface area contributed by atoms with E-state index in [9.17, 15) is 4.79 Å². The van der Waals surface area contributed by atoms with Crippen LogP contribution in [0.5, 0.6) is 0 Å². The van der Waals surface area contributed by atoms with Crippen LogP contribution in [-0.4, -0.2) is 11.1 Å². The molecule has 1 rings (SSSR count). The van der Waals surface area contributed by atoms with E-state index in [0.29, 0.717) is 28.8 Å². The van der Waals surface area contributed by atoms with Gasteiger partial charge < -0.3 is 5.11 Å². The second-order valence-corrected chi connectivity index (χ2v) is 5.43. The molecule has 0 aliphatic heterocycles. The minimum atomic E-state index is -0.759. The molecule has 1 unspecified atom stereocenters. The molecule has 0 aliphatic rings. The van der Waals surface area contributed by atoms with Crippen molar-refractivity contribution in [2.75, 3.05) is 0 Å². The van der Waals surface area contributed by atoms with Gasteiger partial charge in [-0.15, -0.1) is 0 Å². The SMILES string of the molecule is CC(C)CC(Cc1ccc(Cl)c(Cl)c1)C(=O)O. The number of carboxylic acid groups (broad SMARTS) is 1. The summed E-state index contributed by atoms with van der Waals surface area (Å²) in [4.78, 5) is 11.1. The van der Waals surface area contributed by atoms with E-state index in [1.54, 1.807) is 12.1 Å². The molecule has 2 nitrogen and oxygen atoms in total. The van der Waals surface area contributed by atoms with Crippen molar-refractivity contribution in [1.82, 2.24) is 0 Å². The van der Waals surface area contributed by atoms with Crippen LogP contribution in [0.2, 0.25) is 10.0 Å². The van der Waals surface area contributed by atoms with E-state index in [1.807, 2.05) is 19.9 Å². The monoisotopic (exact) mass is 274 g/mol. The molecule has 0 radical (unpaired) electrons. The number of carbonyl (C=O) groups is 1. The van der Waals surface area contributed by atoms with Crippen LogP contribution >= 0.6 is 23.2 Å². The summed E-state index contributed by atoms with van der Waals surface area (Å²) >= 11 is 11.7. The molecule has 0 fully saturated rings. The Morgan fingerprint density at radius 3 is 2.41 bits per heavy atom. The Balaban J connectivity index is 2.78. The zero-order chi connectivity index (χ0) is 13.0. The number of rotatable bonds is 5. The first-order valence-corrected chi connectivity index (χ1v) is 6.32. The molecule has 4 heteroatoms. The van der Waals surface area contributed by atoms with Crippen molar-refractivity contribution in [3.05, 3.63) is 33.8 Å². The normalized spacial score (nSPS) is 12.8. The zero-order valence-corrected chi connectivity index (χ0v) is 11.4. The Bertz CT molecular complexity index is 402. The van der Waals surface area contributed by atoms with Crippen molar-refractivity contribution in [3.8, 4) is 0 Å². The summed E-state index contributed by atoms with van der Waals surface area (Å²) in [5.41, 5.74) is 0.910. The average Bonchev–Trinajstić information content (AvgIpc) is 2.21. The molecular weight excluding hydrogens is 259 g/mol. The Hall–Kier alpha value is -0.730. The summed E-state index contributed by atoms with van der Waals surface area (Å²) in [5, 5.41) is 10.1. The first-order chi connectivity index (χ1) is 7.90. The van der Waals surface area contributed by atoms with E-state index >= 15 is 0 Å². The summed E-state index contributed by atoms with van der Waals surface area (Å²) in [6, 6.07) is 5.26. The number of halogens is 2. The quantitative estimate of drug-likeness (QED) is 0.870. The highest BCUT2D eigenvalue weighted by molar-refractivity contribution is 6.42. The van der Waals surface area contributed by atoms with E-state index < -0.39 is 5.97 Å². The van der Waals surface area contributed by atoms with E-state index in [4.69, 9.17) is 28.3 Å². The summed E-state index contributed by atoms with van der Waals surface area (Å²) in [7, 11) is 0. The van der Waals surface area contributed by atoms with Crippen LogP contribution in [0.25, 0.3) is 0 Å². The van der Waals surface area contributed by atoms with E-state index in [1.165, 1.54) is 0 Å². The maximum absolute atomic E-state index is 11.1. The van der Waals surface area contributed by atoms with Crippen molar-refractivity contribution in [3.63, 3.8) is 0 Å². The molecule has 0 amide bonds. The van der Waals surface area contributed by atoms with Gasteiger partial charge in [0.1, 0.15) is 0 Å². The predicted molar refractivity (Wildman–Crippen MR) is 70.7 cm³/mol. The molecule has 1 atom stereocenters. The van der Waals surface area contributed by atoms with Crippen molar-refractivity contribution < 1.29 is 9.90 Å². The highest BCUT2D eigenvalue weighted by Gasteiger charge is 2.19. The van der Waals surface area contributed by atoms with Crippen LogP contribution in [-0.2, 0) is 11.2 Å². The largest absolute Gasteiger partial charge is 0.481 e. The van der Waals surface area contributed by atoms with Crippen LogP contribution in [0.1, 0.15) is 25.8 Å². The molecule has 1 aromatic rings. The van der Waals surface area contributed by atoms with Crippen molar-refractivity contribution in [2.24, 2.45) is 11.8 Å². The Morgan fingerprint density at radius 2 is 1.94 bits per heavy atom. The number of hydrogen-bond acceptors (Lipinski definition) is 1. The molecule has 0 aliphatic carbocycles. The van der Waals surface area contributed by atoms with Gasteiger partial charge >= 0.3 is 5.97 Å². The minimum absolute atomic E-state index is 0.360. The zero-order valence-electron chi connectivity index (χ0n) is 9.91. The fraction of sp³-hybridized carbons (Fsp3) is 0.462. The fourth-order valence-electron chi connectivity index (χ4n) is 1.79. The Morgan fingerprint density at radius 1 is 1.29 bits per heavy atom. The van der Waals surface area contributed by atoms with Crippen molar-refractivity contribution in [2.45, 2.75) is 26.7 Å². The maximum atomic E-state index is 11.1. The summed E-state index contributed by atoms with van der Waals surface area (Å²) in [6.07, 6.45) is 1.15. The standard InChI is InChI=1S/C13H16Cl2O2/c1-8(2)5-10(13(16)17)6-9-3-4-11(14)12(15)7-9/h3-4,7-8,10H,5-6H2,1-2H3,(H,16,17). The molecular formula is C13H16Cl2O2. The second-order valence-electron chi connectivity index (χ2n) is 4.62. The van der Waals surface area contributed by atoms with Gasteiger partial charge in [-0.3, -0.25) is 4.79 Å². The fourth-order valence-corrected chi connectivity index (χ4v) is 2.11. The van der Waals surface area contributed by atoms with Crippen molar-refractivity contribution >= 4 is 29.2 Å². The smallest absolute Gasteiger partial charge is 0.306 e. The molecule has 0 aromatic heterocycles. The molecule has 1 aromatic carbocycles. The Labute approximate surface area is 112 Å². The number of hydrogen-bond donors (Lipinski definition) is 1. The van der Waals surface area contributed by atoms with Gasteiger partial charge in [0.2, 0.25) is 0 Å². The Kier molecular flexibility index (Phi) is 5.29. The van der Waals surface area contributed by atoms with Gasteiger partial charge in [-0.05, 0) is 36.5 Å². The van der Waals surface area contributed by atoms with Gasteiger partial charge in [-0.25, -0.2) is 0 Å². The summed E-state index contributed by atoms with van der Waals surface area (Å²) < 4.78 is 0. The third-order valence-corrected chi connectivity index (χ3v) is 3.31. The minimum Gasteiger partial charge on any atom is -0.481 e. The third-order valence-electron chi connectivity index (χ3n) is 2.57. The predicted octanol–water partition coefficient (Wildman–Crippen LogP) is 4.28. The molecule has 1 N–H and O–H groups in total. The molecule has 0 spiro atoms. The van der Waals surface area contributed by atoms with Crippen LogP contribution in [0, 0.1) is 11.8 Å². The average molecular weight is 275 g/mol. The molecule has 0 heterocycles. The molecule has 0 saturated heterocycles. The summed E-state index contributed by atoms with van der Waals surface area (Å²) in [6.45, 7) is 4.04. The molecule has 0 bridgehead atoms. The summed E-state index contributed by atoms with van der Waals surface area (Å²) in [5.74, 6) is -0.768. The van der Waals surface area contributed by atoms with Gasteiger partial charge in [-0.1, -0.05) is 43.1 Å². The molecule has 0 saturated carbocycles. The number of carboxylic acids is 1. The highest BCUT2D eigenvalue weighted by Crippen LogP contribution is 2.25. The lowest BCUT2D eigenvalue weighted by Gasteiger charge is -2.14. The van der Waals surface area contributed by atoms with E-state index in [0.717, 1.165) is 5.56 Å². The lowest BCUT2D eigenvalue weighted by atomic mass is 9.91. The van der Waals surface area contributed by atoms with Gasteiger partial charge in [0.15, 0.2) is 0 Å².